The highest BCUT2D eigenvalue weighted by Crippen LogP contribution is 2.26. The second kappa shape index (κ2) is 7.58. The third kappa shape index (κ3) is 4.50. The third-order valence-corrected chi connectivity index (χ3v) is 4.31. The highest BCUT2D eigenvalue weighted by atomic mass is 16.1. The topological polar surface area (TPSA) is 66.9 Å². The molecule has 27 heavy (non-hydrogen) atoms. The van der Waals surface area contributed by atoms with Crippen molar-refractivity contribution >= 4 is 28.9 Å². The van der Waals surface area contributed by atoms with Crippen LogP contribution in [-0.4, -0.2) is 15.8 Å². The van der Waals surface area contributed by atoms with Crippen molar-refractivity contribution in [3.8, 4) is 0 Å². The van der Waals surface area contributed by atoms with Gasteiger partial charge in [0.1, 0.15) is 5.82 Å². The summed E-state index contributed by atoms with van der Waals surface area (Å²) in [4.78, 5) is 20.7. The molecule has 3 rings (SSSR count). The molecule has 0 spiro atoms. The van der Waals surface area contributed by atoms with Crippen LogP contribution in [0.4, 0.5) is 23.1 Å². The van der Waals surface area contributed by atoms with Crippen molar-refractivity contribution in [1.82, 2.24) is 9.97 Å². The molecule has 2 N–H and O–H groups in total. The second-order valence-electron chi connectivity index (χ2n) is 6.88. The first-order valence-corrected chi connectivity index (χ1v) is 8.90. The predicted molar refractivity (Wildman–Crippen MR) is 110 cm³/mol. The fourth-order valence-electron chi connectivity index (χ4n) is 3.14. The quantitative estimate of drug-likeness (QED) is 0.596. The molecule has 3 aromatic rings. The largest absolute Gasteiger partial charge is 0.340 e. The van der Waals surface area contributed by atoms with Gasteiger partial charge < -0.3 is 10.6 Å². The zero-order chi connectivity index (χ0) is 19.6. The highest BCUT2D eigenvalue weighted by Gasteiger charge is 2.09. The van der Waals surface area contributed by atoms with Crippen molar-refractivity contribution in [1.29, 1.82) is 0 Å². The van der Waals surface area contributed by atoms with Gasteiger partial charge in [0.25, 0.3) is 0 Å². The van der Waals surface area contributed by atoms with Gasteiger partial charge >= 0.3 is 0 Å². The number of hydrogen-bond acceptors (Lipinski definition) is 5. The Bertz CT molecular complexity index is 988. The molecule has 0 atom stereocenters. The van der Waals surface area contributed by atoms with Gasteiger partial charge in [-0.25, -0.2) is 4.98 Å². The monoisotopic (exact) mass is 360 g/mol. The van der Waals surface area contributed by atoms with E-state index in [0.717, 1.165) is 28.2 Å². The summed E-state index contributed by atoms with van der Waals surface area (Å²) >= 11 is 0. The Balaban J connectivity index is 1.89. The van der Waals surface area contributed by atoms with Gasteiger partial charge in [-0.2, -0.15) is 4.98 Å². The molecule has 0 saturated carbocycles. The van der Waals surface area contributed by atoms with Gasteiger partial charge in [0.15, 0.2) is 5.78 Å². The Morgan fingerprint density at radius 1 is 0.889 bits per heavy atom. The second-order valence-corrected chi connectivity index (χ2v) is 6.88. The molecule has 0 bridgehead atoms. The van der Waals surface area contributed by atoms with Crippen LogP contribution < -0.4 is 10.6 Å². The van der Waals surface area contributed by atoms with Crippen LogP contribution in [-0.2, 0) is 0 Å². The molecule has 0 aliphatic rings. The van der Waals surface area contributed by atoms with Gasteiger partial charge in [-0.3, -0.25) is 4.79 Å². The number of rotatable bonds is 5. The van der Waals surface area contributed by atoms with E-state index in [0.29, 0.717) is 17.3 Å². The molecule has 5 heteroatoms. The summed E-state index contributed by atoms with van der Waals surface area (Å²) in [7, 11) is 0. The number of nitrogens with one attached hydrogen (secondary N) is 2. The lowest BCUT2D eigenvalue weighted by Gasteiger charge is -2.14. The molecule has 0 aliphatic carbocycles. The van der Waals surface area contributed by atoms with E-state index >= 15 is 0 Å². The number of aromatic nitrogens is 2. The van der Waals surface area contributed by atoms with E-state index in [2.05, 4.69) is 53.5 Å². The smallest absolute Gasteiger partial charge is 0.229 e. The van der Waals surface area contributed by atoms with Crippen LogP contribution in [0.3, 0.4) is 0 Å². The van der Waals surface area contributed by atoms with E-state index in [1.165, 1.54) is 5.56 Å². The molecule has 0 amide bonds. The summed E-state index contributed by atoms with van der Waals surface area (Å²) in [6, 6.07) is 13.5. The lowest BCUT2D eigenvalue weighted by atomic mass is 10.1. The highest BCUT2D eigenvalue weighted by molar-refractivity contribution is 5.95. The van der Waals surface area contributed by atoms with Crippen molar-refractivity contribution < 1.29 is 4.79 Å². The van der Waals surface area contributed by atoms with Crippen molar-refractivity contribution in [3.05, 3.63) is 70.4 Å². The van der Waals surface area contributed by atoms with Gasteiger partial charge in [-0.1, -0.05) is 29.8 Å². The van der Waals surface area contributed by atoms with E-state index in [4.69, 9.17) is 0 Å². The fourth-order valence-corrected chi connectivity index (χ4v) is 3.14. The normalized spacial score (nSPS) is 10.6. The summed E-state index contributed by atoms with van der Waals surface area (Å²) in [6.45, 7) is 9.72. The first-order valence-electron chi connectivity index (χ1n) is 8.90. The maximum atomic E-state index is 11.6. The van der Waals surface area contributed by atoms with Gasteiger partial charge in [-0.15, -0.1) is 0 Å². The molecule has 138 valence electrons. The Kier molecular flexibility index (Phi) is 5.21. The molecular weight excluding hydrogens is 336 g/mol. The number of hydrogen-bond donors (Lipinski definition) is 2. The molecule has 2 aromatic carbocycles. The third-order valence-electron chi connectivity index (χ3n) is 4.31. The lowest BCUT2D eigenvalue weighted by molar-refractivity contribution is 0.101. The molecule has 0 fully saturated rings. The lowest BCUT2D eigenvalue weighted by Crippen LogP contribution is -2.05. The van der Waals surface area contributed by atoms with E-state index in [9.17, 15) is 4.79 Å². The predicted octanol–water partition coefficient (Wildman–Crippen LogP) is 5.40. The van der Waals surface area contributed by atoms with Crippen molar-refractivity contribution in [2.24, 2.45) is 0 Å². The zero-order valence-electron chi connectivity index (χ0n) is 16.3. The van der Waals surface area contributed by atoms with E-state index < -0.39 is 0 Å². The van der Waals surface area contributed by atoms with E-state index in [1.807, 2.05) is 31.2 Å². The number of ketones is 1. The number of aryl methyl sites for hydroxylation is 4. The van der Waals surface area contributed by atoms with Crippen LogP contribution in [0.15, 0.2) is 42.5 Å². The number of anilines is 4. The summed E-state index contributed by atoms with van der Waals surface area (Å²) in [5.74, 6) is 1.24. The van der Waals surface area contributed by atoms with Crippen LogP contribution in [0.2, 0.25) is 0 Å². The van der Waals surface area contributed by atoms with Crippen LogP contribution in [0.5, 0.6) is 0 Å². The number of carbonyl (C=O) groups is 1. The average Bonchev–Trinajstić information content (AvgIpc) is 2.58. The zero-order valence-corrected chi connectivity index (χ0v) is 16.3. The number of benzene rings is 2. The summed E-state index contributed by atoms with van der Waals surface area (Å²) in [5, 5.41) is 6.61. The molecule has 5 nitrogen and oxygen atoms in total. The molecular formula is C22H24N4O. The van der Waals surface area contributed by atoms with Crippen molar-refractivity contribution in [2.45, 2.75) is 34.6 Å². The first-order chi connectivity index (χ1) is 12.8. The maximum absolute atomic E-state index is 11.6. The minimum atomic E-state index is 0.0326. The Morgan fingerprint density at radius 3 is 2.26 bits per heavy atom. The minimum Gasteiger partial charge on any atom is -0.340 e. The summed E-state index contributed by atoms with van der Waals surface area (Å²) in [5.41, 5.74) is 6.89. The Hall–Kier alpha value is -3.21. The van der Waals surface area contributed by atoms with E-state index in [-0.39, 0.29) is 5.78 Å². The summed E-state index contributed by atoms with van der Waals surface area (Å²) < 4.78 is 0. The van der Waals surface area contributed by atoms with Crippen LogP contribution in [0.25, 0.3) is 0 Å². The molecule has 1 heterocycles. The first kappa shape index (κ1) is 18.6. The molecule has 0 saturated heterocycles. The molecule has 1 aromatic heterocycles. The van der Waals surface area contributed by atoms with Gasteiger partial charge in [0.2, 0.25) is 5.95 Å². The standard InChI is InChI=1S/C22H24N4O/c1-13-9-14(2)21(15(3)10-13)26-22-23-16(4)11-20(25-22)24-19-8-6-7-18(12-19)17(5)27/h6-12H,1-5H3,(H2,23,24,25,26). The van der Waals surface area contributed by atoms with Crippen molar-refractivity contribution in [2.75, 3.05) is 10.6 Å². The SMILES string of the molecule is CC(=O)c1cccc(Nc2cc(C)nc(Nc3c(C)cc(C)cc3C)n2)c1. The average molecular weight is 360 g/mol. The number of Topliss-reactive ketones (excluding diaryl/α,β-unsaturated/α-hetero) is 1. The molecule has 0 unspecified atom stereocenters. The number of nitrogens with zero attached hydrogens (tertiary/aromatic N) is 2. The number of carbonyl (C=O) groups excluding carboxylic acids is 1. The van der Waals surface area contributed by atoms with Crippen LogP contribution >= 0.6 is 0 Å². The van der Waals surface area contributed by atoms with Crippen molar-refractivity contribution in [3.63, 3.8) is 0 Å². The minimum absolute atomic E-state index is 0.0326. The Morgan fingerprint density at radius 2 is 1.59 bits per heavy atom. The Labute approximate surface area is 159 Å². The van der Waals surface area contributed by atoms with Gasteiger partial charge in [0, 0.05) is 28.7 Å². The van der Waals surface area contributed by atoms with Crippen LogP contribution in [0, 0.1) is 27.7 Å². The maximum Gasteiger partial charge on any atom is 0.229 e. The molecule has 0 radical (unpaired) electrons. The molecule has 0 aliphatic heterocycles. The van der Waals surface area contributed by atoms with Crippen LogP contribution in [0.1, 0.15) is 39.7 Å². The van der Waals surface area contributed by atoms with Gasteiger partial charge in [-0.05, 0) is 57.9 Å². The summed E-state index contributed by atoms with van der Waals surface area (Å²) in [6.07, 6.45) is 0. The van der Waals surface area contributed by atoms with E-state index in [1.54, 1.807) is 13.0 Å². The van der Waals surface area contributed by atoms with Gasteiger partial charge in [0.05, 0.1) is 0 Å². The fraction of sp³-hybridized carbons (Fsp3) is 0.227.